The molecule has 34 heavy (non-hydrogen) atoms. The van der Waals surface area contributed by atoms with Crippen molar-refractivity contribution in [3.63, 3.8) is 0 Å². The summed E-state index contributed by atoms with van der Waals surface area (Å²) in [5.74, 6) is 0.340. The molecule has 180 valence electrons. The largest absolute Gasteiger partial charge is 0.385 e. The van der Waals surface area contributed by atoms with Crippen molar-refractivity contribution < 1.29 is 9.53 Å². The number of nitrogens with zero attached hydrogens (tertiary/aromatic N) is 3. The van der Waals surface area contributed by atoms with Gasteiger partial charge in [-0.1, -0.05) is 48.6 Å². The summed E-state index contributed by atoms with van der Waals surface area (Å²) in [5.41, 5.74) is 6.73. The molecule has 0 saturated carbocycles. The number of hydrogen-bond donors (Lipinski definition) is 5. The number of methoxy groups -OCH3 is 1. The molecule has 2 heterocycles. The molecule has 0 aliphatic carbocycles. The van der Waals surface area contributed by atoms with Gasteiger partial charge >= 0.3 is 6.03 Å². The van der Waals surface area contributed by atoms with Crippen LogP contribution in [0.4, 0.5) is 16.3 Å². The third-order valence-electron chi connectivity index (χ3n) is 5.22. The minimum absolute atomic E-state index is 0.180. The Morgan fingerprint density at radius 1 is 1.29 bits per heavy atom. The van der Waals surface area contributed by atoms with E-state index in [-0.39, 0.29) is 18.6 Å². The molecule has 1 aromatic carbocycles. The average Bonchev–Trinajstić information content (AvgIpc) is 2.85. The van der Waals surface area contributed by atoms with E-state index in [1.165, 1.54) is 6.21 Å². The zero-order valence-corrected chi connectivity index (χ0v) is 19.6. The second kappa shape index (κ2) is 13.0. The molecule has 1 aromatic heterocycles. The molecule has 0 radical (unpaired) electrons. The van der Waals surface area contributed by atoms with Crippen molar-refractivity contribution in [3.05, 3.63) is 65.0 Å². The van der Waals surface area contributed by atoms with E-state index in [1.54, 1.807) is 13.2 Å². The second-order valence-corrected chi connectivity index (χ2v) is 7.75. The van der Waals surface area contributed by atoms with Gasteiger partial charge in [-0.05, 0) is 24.5 Å². The first-order valence-electron chi connectivity index (χ1n) is 11.4. The number of nitrogens with one attached hydrogen (secondary N) is 5. The van der Waals surface area contributed by atoms with Gasteiger partial charge < -0.3 is 20.8 Å². The summed E-state index contributed by atoms with van der Waals surface area (Å²) in [4.78, 5) is 17.5. The lowest BCUT2D eigenvalue weighted by Crippen LogP contribution is -2.34. The number of hydrogen-bond acceptors (Lipinski definition) is 8. The number of rotatable bonds is 8. The fourth-order valence-electron chi connectivity index (χ4n) is 3.64. The number of amides is 2. The van der Waals surface area contributed by atoms with Gasteiger partial charge in [-0.15, -0.1) is 0 Å². The van der Waals surface area contributed by atoms with Crippen LogP contribution in [0.1, 0.15) is 49.0 Å². The van der Waals surface area contributed by atoms with Crippen LogP contribution in [0.5, 0.6) is 0 Å². The lowest BCUT2D eigenvalue weighted by Gasteiger charge is -2.21. The van der Waals surface area contributed by atoms with Crippen molar-refractivity contribution in [2.75, 3.05) is 30.9 Å². The van der Waals surface area contributed by atoms with Crippen LogP contribution in [0, 0.1) is 5.41 Å². The van der Waals surface area contributed by atoms with Crippen LogP contribution < -0.4 is 21.4 Å². The van der Waals surface area contributed by atoms with Crippen molar-refractivity contribution in [1.82, 2.24) is 15.7 Å². The van der Waals surface area contributed by atoms with Crippen molar-refractivity contribution >= 4 is 23.8 Å². The maximum atomic E-state index is 12.9. The van der Waals surface area contributed by atoms with Crippen LogP contribution >= 0.6 is 0 Å². The van der Waals surface area contributed by atoms with Crippen LogP contribution in [0.3, 0.4) is 0 Å². The van der Waals surface area contributed by atoms with E-state index < -0.39 is 0 Å². The molecule has 1 aliphatic heterocycles. The maximum absolute atomic E-state index is 12.9. The van der Waals surface area contributed by atoms with Gasteiger partial charge in [0.05, 0.1) is 17.4 Å². The number of carbonyl (C=O) groups excluding carboxylic acids is 1. The molecule has 1 unspecified atom stereocenters. The third-order valence-corrected chi connectivity index (χ3v) is 5.22. The van der Waals surface area contributed by atoms with Crippen LogP contribution in [0.25, 0.3) is 0 Å². The van der Waals surface area contributed by atoms with Gasteiger partial charge in [-0.25, -0.2) is 9.78 Å². The first-order valence-corrected chi connectivity index (χ1v) is 11.4. The highest BCUT2D eigenvalue weighted by Gasteiger charge is 2.19. The molecular weight excluding hydrogens is 432 g/mol. The molecule has 3 rings (SSSR count). The Morgan fingerprint density at radius 2 is 2.12 bits per heavy atom. The van der Waals surface area contributed by atoms with Gasteiger partial charge in [0.2, 0.25) is 0 Å². The fourth-order valence-corrected chi connectivity index (χ4v) is 3.64. The van der Waals surface area contributed by atoms with Crippen molar-refractivity contribution in [1.29, 1.82) is 5.41 Å². The van der Waals surface area contributed by atoms with Crippen molar-refractivity contribution in [2.45, 2.75) is 38.8 Å². The monoisotopic (exact) mass is 464 g/mol. The van der Waals surface area contributed by atoms with E-state index in [2.05, 4.69) is 36.7 Å². The number of fused-ring (bicyclic) bond motifs is 2. The highest BCUT2D eigenvalue weighted by Crippen LogP contribution is 2.25. The molecule has 0 fully saturated rings. The van der Waals surface area contributed by atoms with Crippen LogP contribution in [-0.4, -0.2) is 37.5 Å². The quantitative estimate of drug-likeness (QED) is 0.288. The average molecular weight is 465 g/mol. The number of pyridine rings is 1. The molecule has 0 saturated heterocycles. The predicted octanol–water partition coefficient (Wildman–Crippen LogP) is 4.54. The molecule has 10 nitrogen and oxygen atoms in total. The molecular formula is C24H32N8O2. The predicted molar refractivity (Wildman–Crippen MR) is 133 cm³/mol. The number of anilines is 2. The minimum atomic E-state index is -0.381. The first kappa shape index (κ1) is 24.8. The highest BCUT2D eigenvalue weighted by molar-refractivity contribution is 5.92. The Labute approximate surface area is 199 Å². The lowest BCUT2D eigenvalue weighted by molar-refractivity contribution is 0.198. The Hall–Kier alpha value is -3.79. The van der Waals surface area contributed by atoms with E-state index in [0.717, 1.165) is 24.1 Å². The number of benzene rings is 1. The zero-order valence-electron chi connectivity index (χ0n) is 19.6. The van der Waals surface area contributed by atoms with Crippen LogP contribution in [-0.2, 0) is 11.3 Å². The number of ether oxygens (including phenoxy) is 1. The summed E-state index contributed by atoms with van der Waals surface area (Å²) >= 11 is 0. The third kappa shape index (κ3) is 7.11. The Balaban J connectivity index is 1.94. The summed E-state index contributed by atoms with van der Waals surface area (Å²) < 4.78 is 5.11. The zero-order chi connectivity index (χ0) is 24.2. The van der Waals surface area contributed by atoms with E-state index in [4.69, 9.17) is 10.1 Å². The van der Waals surface area contributed by atoms with E-state index in [9.17, 15) is 4.79 Å². The summed E-state index contributed by atoms with van der Waals surface area (Å²) in [6.07, 6.45) is 5.39. The van der Waals surface area contributed by atoms with Gasteiger partial charge in [0.15, 0.2) is 0 Å². The number of urea groups is 1. The molecule has 1 aliphatic rings. The van der Waals surface area contributed by atoms with Gasteiger partial charge in [0.25, 0.3) is 0 Å². The molecule has 1 atom stereocenters. The second-order valence-electron chi connectivity index (χ2n) is 7.75. The van der Waals surface area contributed by atoms with E-state index in [0.29, 0.717) is 42.3 Å². The number of carbonyl (C=O) groups is 1. The normalized spacial score (nSPS) is 17.4. The van der Waals surface area contributed by atoms with Crippen LogP contribution in [0.2, 0.25) is 0 Å². The molecule has 2 bridgehead atoms. The van der Waals surface area contributed by atoms with E-state index >= 15 is 0 Å². The molecule has 5 N–H and O–H groups in total. The number of allylic oxidation sites excluding steroid dienone is 1. The first-order chi connectivity index (χ1) is 16.6. The van der Waals surface area contributed by atoms with E-state index in [1.807, 2.05) is 43.3 Å². The van der Waals surface area contributed by atoms with Gasteiger partial charge in [-0.3, -0.25) is 10.7 Å². The summed E-state index contributed by atoms with van der Waals surface area (Å²) in [5, 5.41) is 25.5. The lowest BCUT2D eigenvalue weighted by atomic mass is 10.0. The number of aromatic nitrogens is 1. The molecule has 2 amide bonds. The Bertz CT molecular complexity index is 1020. The highest BCUT2D eigenvalue weighted by atomic mass is 16.5. The fraction of sp³-hybridized carbons (Fsp3) is 0.375. The summed E-state index contributed by atoms with van der Waals surface area (Å²) in [6, 6.07) is 10.8. The Morgan fingerprint density at radius 3 is 2.85 bits per heavy atom. The molecule has 0 spiro atoms. The summed E-state index contributed by atoms with van der Waals surface area (Å²) in [6.45, 7) is 3.49. The van der Waals surface area contributed by atoms with Crippen molar-refractivity contribution in [3.8, 4) is 0 Å². The van der Waals surface area contributed by atoms with Gasteiger partial charge in [0.1, 0.15) is 12.4 Å². The maximum Gasteiger partial charge on any atom is 0.320 e. The Kier molecular flexibility index (Phi) is 9.53. The SMILES string of the molecule is CC/C=C1/CC(c2ccccc2)NC(=O)Nc2cc(C=N)c(NCCCOC)c(n2)CN=NN1. The summed E-state index contributed by atoms with van der Waals surface area (Å²) in [7, 11) is 1.66. The topological polar surface area (TPSA) is 136 Å². The van der Waals surface area contributed by atoms with Gasteiger partial charge in [-0.2, -0.15) is 5.11 Å². The minimum Gasteiger partial charge on any atom is -0.385 e. The van der Waals surface area contributed by atoms with Crippen molar-refractivity contribution in [2.24, 2.45) is 10.3 Å². The molecule has 2 aromatic rings. The smallest absolute Gasteiger partial charge is 0.320 e. The van der Waals surface area contributed by atoms with Gasteiger partial charge in [0, 0.05) is 44.2 Å². The standard InChI is InChI=1S/C24H32N8O2/c1-3-8-19-14-20(17-9-5-4-6-10-17)29-24(33)30-22-13-18(15-25)23(26-11-7-12-34-2)21(28-22)16-27-32-31-19/h4-6,8-10,13,15,20,25-26H,3,7,11-12,14,16H2,1-2H3,(H,27,31)(H2,28,29,30,33)/b19-8-,25-15?. The molecule has 10 heteroatoms. The van der Waals surface area contributed by atoms with Crippen LogP contribution in [0.15, 0.2) is 58.5 Å².